The molecule has 6 heteroatoms. The first-order valence-electron chi connectivity index (χ1n) is 19.6. The Bertz CT molecular complexity index is 1110. The van der Waals surface area contributed by atoms with Gasteiger partial charge in [0.15, 0.2) is 0 Å². The number of aliphatic hydroxyl groups excluding tert-OH is 1. The molecule has 2 aromatic carbocycles. The molecule has 0 saturated carbocycles. The van der Waals surface area contributed by atoms with E-state index < -0.39 is 0 Å². The average Bonchev–Trinajstić information content (AvgIpc) is 3.99. The van der Waals surface area contributed by atoms with Gasteiger partial charge in [0.1, 0.15) is 36.9 Å². The van der Waals surface area contributed by atoms with E-state index in [2.05, 4.69) is 86.6 Å². The van der Waals surface area contributed by atoms with E-state index in [1.165, 1.54) is 75.3 Å². The van der Waals surface area contributed by atoms with E-state index in [4.69, 9.17) is 28.8 Å². The molecule has 2 heterocycles. The van der Waals surface area contributed by atoms with E-state index in [9.17, 15) is 0 Å². The van der Waals surface area contributed by atoms with Gasteiger partial charge >= 0.3 is 0 Å². The summed E-state index contributed by atoms with van der Waals surface area (Å²) in [4.78, 5) is 0. The van der Waals surface area contributed by atoms with Gasteiger partial charge in [-0.25, -0.2) is 0 Å². The molecule has 0 amide bonds. The molecule has 2 saturated heterocycles. The molecule has 286 valence electrons. The van der Waals surface area contributed by atoms with Crippen LogP contribution in [-0.4, -0.2) is 63.6 Å². The first kappa shape index (κ1) is 44.0. The minimum Gasteiger partial charge on any atom is -0.491 e. The highest BCUT2D eigenvalue weighted by Gasteiger charge is 2.27. The largest absolute Gasteiger partial charge is 0.491 e. The molecule has 0 radical (unpaired) electrons. The third-order valence-electron chi connectivity index (χ3n) is 8.88. The van der Waals surface area contributed by atoms with Gasteiger partial charge in [-0.15, -0.1) is 0 Å². The van der Waals surface area contributed by atoms with Gasteiger partial charge in [0.25, 0.3) is 0 Å². The minimum absolute atomic E-state index is 0.0528. The summed E-state index contributed by atoms with van der Waals surface area (Å²) in [5.41, 5.74) is 3.34. The maximum Gasteiger partial charge on any atom is 0.119 e. The zero-order chi connectivity index (χ0) is 36.9. The molecule has 0 bridgehead atoms. The van der Waals surface area contributed by atoms with Crippen LogP contribution in [0.4, 0.5) is 0 Å². The zero-order valence-electron chi connectivity index (χ0n) is 33.5. The summed E-state index contributed by atoms with van der Waals surface area (Å²) in [5.74, 6) is 1.75. The molecule has 4 rings (SSSR count). The van der Waals surface area contributed by atoms with Gasteiger partial charge in [0.05, 0.1) is 26.4 Å². The van der Waals surface area contributed by atoms with Crippen LogP contribution in [0.3, 0.4) is 0 Å². The van der Waals surface area contributed by atoms with E-state index in [0.29, 0.717) is 30.8 Å². The Morgan fingerprint density at radius 3 is 1.52 bits per heavy atom. The third-order valence-corrected chi connectivity index (χ3v) is 8.88. The fraction of sp³-hybridized carbons (Fsp3) is 0.727. The Kier molecular flexibility index (Phi) is 20.6. The zero-order valence-corrected chi connectivity index (χ0v) is 33.5. The van der Waals surface area contributed by atoms with Crippen LogP contribution in [0.15, 0.2) is 48.5 Å². The summed E-state index contributed by atoms with van der Waals surface area (Å²) >= 11 is 0. The van der Waals surface area contributed by atoms with Crippen molar-refractivity contribution in [1.29, 1.82) is 0 Å². The Morgan fingerprint density at radius 2 is 1.06 bits per heavy atom. The third kappa shape index (κ3) is 22.0. The highest BCUT2D eigenvalue weighted by molar-refractivity contribution is 5.32. The highest BCUT2D eigenvalue weighted by atomic mass is 16.6. The fourth-order valence-electron chi connectivity index (χ4n) is 6.07. The lowest BCUT2D eigenvalue weighted by atomic mass is 9.72. The van der Waals surface area contributed by atoms with Crippen LogP contribution in [0.25, 0.3) is 0 Å². The minimum atomic E-state index is 0.0528. The van der Waals surface area contributed by atoms with Crippen molar-refractivity contribution >= 4 is 0 Å². The van der Waals surface area contributed by atoms with Crippen LogP contribution in [0.2, 0.25) is 0 Å². The smallest absolute Gasteiger partial charge is 0.119 e. The van der Waals surface area contributed by atoms with Crippen molar-refractivity contribution in [2.45, 2.75) is 156 Å². The van der Waals surface area contributed by atoms with Crippen molar-refractivity contribution in [2.75, 3.05) is 46.2 Å². The van der Waals surface area contributed by atoms with Gasteiger partial charge < -0.3 is 28.8 Å². The van der Waals surface area contributed by atoms with Gasteiger partial charge in [-0.2, -0.15) is 0 Å². The van der Waals surface area contributed by atoms with Gasteiger partial charge in [-0.05, 0) is 64.5 Å². The number of hydrogen-bond donors (Lipinski definition) is 1. The van der Waals surface area contributed by atoms with Crippen LogP contribution in [-0.2, 0) is 25.0 Å². The molecule has 2 atom stereocenters. The molecule has 0 spiro atoms. The van der Waals surface area contributed by atoms with Crippen molar-refractivity contribution in [3.8, 4) is 11.5 Å². The second-order valence-electron chi connectivity index (χ2n) is 17.0. The Hall–Kier alpha value is -2.12. The van der Waals surface area contributed by atoms with Crippen LogP contribution in [0, 0.1) is 5.41 Å². The molecule has 2 aromatic rings. The van der Waals surface area contributed by atoms with Crippen molar-refractivity contribution in [2.24, 2.45) is 5.41 Å². The standard InChI is InChI=1S/C16H26O2.C15H30O2.C13H18O2/c1-15(2,3)12-16(4,5)13-6-8-14(9-7-13)18-11-10-17;1-2-3-4-5-6-7-8-9-10-11-12-16-13-15-14-17-15;1-13(2,3)10-4-6-11(7-5-10)14-8-12-9-15-12/h6-9,17H,10-12H2,1-5H3;15H,2-14H2,1H3;4-7,12H,8-9H2,1-3H3. The van der Waals surface area contributed by atoms with Crippen LogP contribution < -0.4 is 9.47 Å². The fourth-order valence-corrected chi connectivity index (χ4v) is 6.07. The molecule has 50 heavy (non-hydrogen) atoms. The Morgan fingerprint density at radius 1 is 0.600 bits per heavy atom. The number of benzene rings is 2. The first-order chi connectivity index (χ1) is 23.7. The molecule has 6 nitrogen and oxygen atoms in total. The Balaban J connectivity index is 0.000000261. The first-order valence-corrected chi connectivity index (χ1v) is 19.6. The SMILES string of the molecule is CC(C)(C)CC(C)(C)c1ccc(OCCO)cc1.CC(C)(C)c1ccc(OCC2CO2)cc1.CCCCCCCCCCCCOCC1CO1. The van der Waals surface area contributed by atoms with Gasteiger partial charge in [0.2, 0.25) is 0 Å². The lowest BCUT2D eigenvalue weighted by Gasteiger charge is -2.33. The quantitative estimate of drug-likeness (QED) is 0.103. The number of epoxide rings is 2. The average molecular weight is 699 g/mol. The monoisotopic (exact) mass is 699 g/mol. The molecular formula is C44H74O6. The number of aliphatic hydroxyl groups is 1. The molecule has 2 fully saturated rings. The second kappa shape index (κ2) is 23.4. The maximum atomic E-state index is 8.71. The summed E-state index contributed by atoms with van der Waals surface area (Å²) in [6, 6.07) is 16.5. The predicted octanol–water partition coefficient (Wildman–Crippen LogP) is 10.9. The number of ether oxygens (including phenoxy) is 5. The second-order valence-corrected chi connectivity index (χ2v) is 17.0. The molecule has 0 aromatic heterocycles. The maximum absolute atomic E-state index is 8.71. The summed E-state index contributed by atoms with van der Waals surface area (Å²) in [7, 11) is 0. The molecule has 2 aliphatic heterocycles. The van der Waals surface area contributed by atoms with E-state index in [-0.39, 0.29) is 17.4 Å². The molecule has 2 aliphatic rings. The van der Waals surface area contributed by atoms with Crippen LogP contribution in [0.1, 0.15) is 144 Å². The van der Waals surface area contributed by atoms with E-state index >= 15 is 0 Å². The molecular weight excluding hydrogens is 624 g/mol. The molecule has 0 aliphatic carbocycles. The van der Waals surface area contributed by atoms with Crippen LogP contribution in [0.5, 0.6) is 11.5 Å². The predicted molar refractivity (Wildman–Crippen MR) is 209 cm³/mol. The highest BCUT2D eigenvalue weighted by Crippen LogP contribution is 2.36. The number of unbranched alkanes of at least 4 members (excludes halogenated alkanes) is 9. The molecule has 1 N–H and O–H groups in total. The van der Waals surface area contributed by atoms with Crippen LogP contribution >= 0.6 is 0 Å². The van der Waals surface area contributed by atoms with E-state index in [1.807, 2.05) is 24.3 Å². The van der Waals surface area contributed by atoms with E-state index in [1.54, 1.807) is 0 Å². The normalized spacial score (nSPS) is 16.8. The number of hydrogen-bond acceptors (Lipinski definition) is 6. The topological polar surface area (TPSA) is 73.0 Å². The van der Waals surface area contributed by atoms with Crippen molar-refractivity contribution in [1.82, 2.24) is 0 Å². The number of rotatable bonds is 21. The van der Waals surface area contributed by atoms with Crippen molar-refractivity contribution in [3.63, 3.8) is 0 Å². The summed E-state index contributed by atoms with van der Waals surface area (Å²) in [6.45, 7) is 24.9. The summed E-state index contributed by atoms with van der Waals surface area (Å²) in [6.07, 6.45) is 15.8. The summed E-state index contributed by atoms with van der Waals surface area (Å²) in [5, 5.41) is 8.71. The molecule has 2 unspecified atom stereocenters. The Labute approximate surface area is 307 Å². The van der Waals surface area contributed by atoms with Crippen molar-refractivity contribution < 1.29 is 28.8 Å². The van der Waals surface area contributed by atoms with Gasteiger partial charge in [-0.1, -0.05) is 144 Å². The van der Waals surface area contributed by atoms with Gasteiger partial charge in [-0.3, -0.25) is 0 Å². The van der Waals surface area contributed by atoms with Gasteiger partial charge in [0, 0.05) is 6.61 Å². The lowest BCUT2D eigenvalue weighted by molar-refractivity contribution is 0.113. The lowest BCUT2D eigenvalue weighted by Crippen LogP contribution is -2.24. The summed E-state index contributed by atoms with van der Waals surface area (Å²) < 4.78 is 26.6. The van der Waals surface area contributed by atoms with Crippen molar-refractivity contribution in [3.05, 3.63) is 59.7 Å². The van der Waals surface area contributed by atoms with E-state index in [0.717, 1.165) is 44.3 Å².